The molecule has 2 aromatic rings. The van der Waals surface area contributed by atoms with Crippen molar-refractivity contribution in [2.45, 2.75) is 25.7 Å². The molecule has 8 heteroatoms. The Balaban J connectivity index is 1.21. The van der Waals surface area contributed by atoms with Gasteiger partial charge >= 0.3 is 0 Å². The number of ether oxygens (including phenoxy) is 1. The zero-order valence-electron chi connectivity index (χ0n) is 19.4. The van der Waals surface area contributed by atoms with Crippen molar-refractivity contribution >= 4 is 23.4 Å². The number of carbonyl (C=O) groups is 2. The lowest BCUT2D eigenvalue weighted by Crippen LogP contribution is -2.39. The van der Waals surface area contributed by atoms with Gasteiger partial charge in [-0.3, -0.25) is 9.59 Å². The number of carbonyl (C=O) groups excluding carboxylic acids is 2. The molecule has 0 unspecified atom stereocenters. The summed E-state index contributed by atoms with van der Waals surface area (Å²) < 4.78 is 33.8. The van der Waals surface area contributed by atoms with E-state index in [1.54, 1.807) is 37.2 Å². The van der Waals surface area contributed by atoms with Crippen LogP contribution >= 0.6 is 11.6 Å². The van der Waals surface area contributed by atoms with Gasteiger partial charge in [-0.15, -0.1) is 0 Å². The van der Waals surface area contributed by atoms with E-state index < -0.39 is 23.1 Å². The molecule has 0 spiro atoms. The van der Waals surface area contributed by atoms with E-state index in [0.29, 0.717) is 53.8 Å². The molecule has 0 aromatic heterocycles. The van der Waals surface area contributed by atoms with Crippen molar-refractivity contribution in [3.8, 4) is 5.75 Å². The molecular weight excluding hydrogens is 462 g/mol. The van der Waals surface area contributed by atoms with E-state index >= 15 is 0 Å². The number of hydrogen-bond donors (Lipinski definition) is 0. The standard InChI is InChI=1S/C26H29ClF2N2O3/c1-30(2)25(32)19-7-6-18(15-21(19)27)34-13-10-17-14-20(17)16-8-11-31(12-9-16)26(33)24-22(28)4-3-5-23(24)29/h3-7,15-17,20H,8-14H2,1-2H3/t17-,20-/m1/s1. The van der Waals surface area contributed by atoms with Crippen molar-refractivity contribution in [1.82, 2.24) is 9.80 Å². The topological polar surface area (TPSA) is 49.9 Å². The predicted molar refractivity (Wildman–Crippen MR) is 126 cm³/mol. The average molecular weight is 491 g/mol. The quantitative estimate of drug-likeness (QED) is 0.530. The van der Waals surface area contributed by atoms with Crippen LogP contribution in [-0.4, -0.2) is 55.4 Å². The second-order valence-corrected chi connectivity index (χ2v) is 9.77. The SMILES string of the molecule is CN(C)C(=O)c1ccc(OCC[C@@H]2C[C@@H]2C2CCN(C(=O)c3c(F)cccc3F)CC2)cc1Cl. The minimum atomic E-state index is -0.811. The van der Waals surface area contributed by atoms with Gasteiger partial charge in [-0.1, -0.05) is 17.7 Å². The van der Waals surface area contributed by atoms with Crippen LogP contribution in [0.15, 0.2) is 36.4 Å². The van der Waals surface area contributed by atoms with E-state index in [1.165, 1.54) is 11.0 Å². The first kappa shape index (κ1) is 24.5. The Labute approximate surface area is 203 Å². The van der Waals surface area contributed by atoms with Crippen LogP contribution in [0.1, 0.15) is 46.4 Å². The van der Waals surface area contributed by atoms with E-state index in [2.05, 4.69) is 0 Å². The van der Waals surface area contributed by atoms with E-state index in [-0.39, 0.29) is 5.91 Å². The smallest absolute Gasteiger partial charge is 0.259 e. The van der Waals surface area contributed by atoms with Crippen molar-refractivity contribution in [3.63, 3.8) is 0 Å². The Morgan fingerprint density at radius 2 is 1.79 bits per heavy atom. The first-order valence-corrected chi connectivity index (χ1v) is 12.0. The van der Waals surface area contributed by atoms with Crippen LogP contribution in [0, 0.1) is 29.4 Å². The summed E-state index contributed by atoms with van der Waals surface area (Å²) in [5.41, 5.74) is -0.00884. The summed E-state index contributed by atoms with van der Waals surface area (Å²) in [7, 11) is 3.36. The minimum Gasteiger partial charge on any atom is -0.494 e. The number of amides is 2. The van der Waals surface area contributed by atoms with Gasteiger partial charge in [0.05, 0.1) is 17.2 Å². The Morgan fingerprint density at radius 3 is 2.41 bits per heavy atom. The van der Waals surface area contributed by atoms with Crippen LogP contribution in [0.5, 0.6) is 5.75 Å². The molecule has 5 nitrogen and oxygen atoms in total. The average Bonchev–Trinajstić information content (AvgIpc) is 3.58. The molecule has 1 heterocycles. The van der Waals surface area contributed by atoms with Crippen LogP contribution in [0.2, 0.25) is 5.02 Å². The highest BCUT2D eigenvalue weighted by Crippen LogP contribution is 2.49. The fraction of sp³-hybridized carbons (Fsp3) is 0.462. The fourth-order valence-corrected chi connectivity index (χ4v) is 5.15. The number of halogens is 3. The summed E-state index contributed by atoms with van der Waals surface area (Å²) >= 11 is 6.24. The molecule has 1 saturated carbocycles. The van der Waals surface area contributed by atoms with Gasteiger partial charge < -0.3 is 14.5 Å². The van der Waals surface area contributed by atoms with Crippen molar-refractivity contribution in [1.29, 1.82) is 0 Å². The number of rotatable bonds is 7. The third kappa shape index (κ3) is 5.35. The van der Waals surface area contributed by atoms with Gasteiger partial charge in [-0.05, 0) is 73.8 Å². The third-order valence-corrected chi connectivity index (χ3v) is 7.23. The Bertz CT molecular complexity index is 1050. The van der Waals surface area contributed by atoms with E-state index in [9.17, 15) is 18.4 Å². The second-order valence-electron chi connectivity index (χ2n) is 9.36. The molecule has 2 atom stereocenters. The third-order valence-electron chi connectivity index (χ3n) is 6.92. The molecule has 2 aromatic carbocycles. The van der Waals surface area contributed by atoms with Gasteiger partial charge in [-0.2, -0.15) is 0 Å². The van der Waals surface area contributed by atoms with Crippen molar-refractivity contribution in [3.05, 3.63) is 64.2 Å². The molecule has 182 valence electrons. The van der Waals surface area contributed by atoms with Crippen molar-refractivity contribution < 1.29 is 23.1 Å². The molecule has 2 fully saturated rings. The highest BCUT2D eigenvalue weighted by atomic mass is 35.5. The maximum atomic E-state index is 13.9. The maximum absolute atomic E-state index is 13.9. The molecule has 1 aliphatic heterocycles. The minimum absolute atomic E-state index is 0.149. The molecule has 0 radical (unpaired) electrons. The van der Waals surface area contributed by atoms with Crippen LogP contribution in [-0.2, 0) is 0 Å². The Morgan fingerprint density at radius 1 is 1.12 bits per heavy atom. The summed E-state index contributed by atoms with van der Waals surface area (Å²) in [6.45, 7) is 1.61. The fourth-order valence-electron chi connectivity index (χ4n) is 4.90. The number of benzene rings is 2. The van der Waals surface area contributed by atoms with Gasteiger partial charge in [0.2, 0.25) is 0 Å². The lowest BCUT2D eigenvalue weighted by atomic mass is 9.90. The molecule has 1 saturated heterocycles. The molecule has 0 N–H and O–H groups in total. The number of piperidine rings is 1. The van der Waals surface area contributed by atoms with Gasteiger partial charge in [0.25, 0.3) is 11.8 Å². The summed E-state index contributed by atoms with van der Waals surface area (Å²) in [5, 5.41) is 0.372. The van der Waals surface area contributed by atoms with Gasteiger partial charge in [0.1, 0.15) is 22.9 Å². The number of nitrogens with zero attached hydrogens (tertiary/aromatic N) is 2. The Kier molecular flexibility index (Phi) is 7.41. The first-order chi connectivity index (χ1) is 16.3. The van der Waals surface area contributed by atoms with E-state index in [1.807, 2.05) is 0 Å². The van der Waals surface area contributed by atoms with Crippen LogP contribution in [0.3, 0.4) is 0 Å². The first-order valence-electron chi connectivity index (χ1n) is 11.6. The molecular formula is C26H29ClF2N2O3. The molecule has 34 heavy (non-hydrogen) atoms. The second kappa shape index (κ2) is 10.3. The largest absolute Gasteiger partial charge is 0.494 e. The van der Waals surface area contributed by atoms with Crippen molar-refractivity contribution in [2.24, 2.45) is 17.8 Å². The van der Waals surface area contributed by atoms with Crippen LogP contribution in [0.4, 0.5) is 8.78 Å². The van der Waals surface area contributed by atoms with Gasteiger partial charge in [0.15, 0.2) is 0 Å². The van der Waals surface area contributed by atoms with E-state index in [0.717, 1.165) is 37.8 Å². The molecule has 0 bridgehead atoms. The van der Waals surface area contributed by atoms with Gasteiger partial charge in [0, 0.05) is 27.2 Å². The Hall–Kier alpha value is -2.67. The summed E-state index contributed by atoms with van der Waals surface area (Å²) in [6.07, 6.45) is 3.77. The van der Waals surface area contributed by atoms with Crippen LogP contribution in [0.25, 0.3) is 0 Å². The normalized spacial score (nSPS) is 20.2. The molecule has 1 aliphatic carbocycles. The van der Waals surface area contributed by atoms with Crippen molar-refractivity contribution in [2.75, 3.05) is 33.8 Å². The zero-order valence-corrected chi connectivity index (χ0v) is 20.2. The monoisotopic (exact) mass is 490 g/mol. The molecule has 2 aliphatic rings. The lowest BCUT2D eigenvalue weighted by Gasteiger charge is -2.32. The number of hydrogen-bond acceptors (Lipinski definition) is 3. The highest BCUT2D eigenvalue weighted by molar-refractivity contribution is 6.34. The lowest BCUT2D eigenvalue weighted by molar-refractivity contribution is 0.0667. The van der Waals surface area contributed by atoms with E-state index in [4.69, 9.17) is 16.3 Å². The molecule has 2 amide bonds. The summed E-state index contributed by atoms with van der Waals surface area (Å²) in [4.78, 5) is 27.7. The molecule has 4 rings (SSSR count). The zero-order chi connectivity index (χ0) is 24.4. The predicted octanol–water partition coefficient (Wildman–Crippen LogP) is 5.28. The number of likely N-dealkylation sites (tertiary alicyclic amines) is 1. The van der Waals surface area contributed by atoms with Gasteiger partial charge in [-0.25, -0.2) is 8.78 Å². The highest BCUT2D eigenvalue weighted by Gasteiger charge is 2.43. The van der Waals surface area contributed by atoms with Crippen LogP contribution < -0.4 is 4.74 Å². The maximum Gasteiger partial charge on any atom is 0.259 e. The summed E-state index contributed by atoms with van der Waals surface area (Å²) in [6, 6.07) is 8.62. The summed E-state index contributed by atoms with van der Waals surface area (Å²) in [5.74, 6) is 0.0196.